The van der Waals surface area contributed by atoms with Gasteiger partial charge in [-0.05, 0) is 0 Å². The van der Waals surface area contributed by atoms with Crippen LogP contribution in [-0.2, 0) is 56.9 Å². The summed E-state index contributed by atoms with van der Waals surface area (Å²) in [6.07, 6.45) is 4.20. The minimum Gasteiger partial charge on any atom is -0.358 e. The van der Waals surface area contributed by atoms with Crippen LogP contribution in [0.3, 0.4) is 0 Å². The van der Waals surface area contributed by atoms with Crippen molar-refractivity contribution >= 4 is 16.4 Å². The molecule has 2 nitrogen and oxygen atoms in total. The van der Waals surface area contributed by atoms with E-state index >= 15 is 0 Å². The Labute approximate surface area is 105 Å². The molecule has 0 aliphatic carbocycles. The fourth-order valence-electron chi connectivity index (χ4n) is 0.127. The largest absolute Gasteiger partial charge is 0.358 e. The number of aldehydes is 1. The number of hydrogen-bond donors (Lipinski definition) is 0. The molecule has 0 unspecified atom stereocenters. The molecular weight excluding hydrogens is 387 g/mol. The van der Waals surface area contributed by atoms with Crippen molar-refractivity contribution in [2.75, 3.05) is 0 Å². The Hall–Kier alpha value is 0.742. The molecule has 0 rings (SSSR count). The maximum absolute atomic E-state index is 9.82. The van der Waals surface area contributed by atoms with Gasteiger partial charge in [0, 0.05) is 32.7 Å². The van der Waals surface area contributed by atoms with Crippen LogP contribution in [0.25, 0.3) is 0 Å². The fourth-order valence-corrected chi connectivity index (χ4v) is 0.317. The van der Waals surface area contributed by atoms with E-state index in [9.17, 15) is 4.79 Å². The molecule has 0 amide bonds. The molecule has 0 spiro atoms. The first kappa shape index (κ1) is 22.6. The number of aliphatic imine (C=N–C) groups is 1. The van der Waals surface area contributed by atoms with E-state index in [1.165, 1.54) is 0 Å². The Morgan fingerprint density at radius 2 is 2.09 bits per heavy atom. The van der Waals surface area contributed by atoms with E-state index in [2.05, 4.69) is 11.2 Å². The van der Waals surface area contributed by atoms with Gasteiger partial charge in [0.25, 0.3) is 0 Å². The molecule has 0 aromatic carbocycles. The van der Waals surface area contributed by atoms with E-state index < -0.39 is 0 Å². The Morgan fingerprint density at radius 3 is 2.36 bits per heavy atom. The number of carbonyl (C=O) groups is 1. The molecule has 0 aliphatic rings. The van der Waals surface area contributed by atoms with Crippen molar-refractivity contribution in [3.8, 4) is 0 Å². The molecule has 0 N–H and O–H groups in total. The standard InChI is InChI=1S/C5H3NO.CH4.CH3.W.Y/c1-2-6-4-3-5-7;;;;/h1-2,5H;1H4;1H3;;/q-2;;-1;;. The van der Waals surface area contributed by atoms with Crippen LogP contribution in [-0.4, -0.2) is 16.4 Å². The molecule has 0 fully saturated rings. The third-order valence-corrected chi connectivity index (χ3v) is 1.03. The summed E-state index contributed by atoms with van der Waals surface area (Å²) >= 11 is 1.04. The van der Waals surface area contributed by atoms with E-state index in [-0.39, 0.29) is 47.6 Å². The van der Waals surface area contributed by atoms with Crippen LogP contribution in [0.2, 0.25) is 0 Å². The van der Waals surface area contributed by atoms with Crippen molar-refractivity contribution in [1.82, 2.24) is 0 Å². The first-order valence-electron chi connectivity index (χ1n) is 1.79. The molecule has 0 aromatic rings. The van der Waals surface area contributed by atoms with Gasteiger partial charge in [-0.2, -0.15) is 0 Å². The van der Waals surface area contributed by atoms with Crippen molar-refractivity contribution in [1.29, 1.82) is 0 Å². The van der Waals surface area contributed by atoms with Gasteiger partial charge < -0.3 is 7.43 Å². The number of rotatable bonds is 3. The minimum atomic E-state index is 0. The van der Waals surface area contributed by atoms with Gasteiger partial charge in [0.2, 0.25) is 0 Å². The zero-order chi connectivity index (χ0) is 6.41. The smallest absolute Gasteiger partial charge is 0 e. The predicted molar refractivity (Wildman–Crippen MR) is 40.5 cm³/mol. The first-order chi connectivity index (χ1) is 3.81. The molecule has 0 saturated heterocycles. The van der Waals surface area contributed by atoms with Crippen LogP contribution in [0.1, 0.15) is 7.43 Å². The SMILES string of the molecule is C.[CH-]=CN=[C-][C](=[W])C=O.[CH3-].[Y]. The van der Waals surface area contributed by atoms with Gasteiger partial charge in [-0.25, -0.2) is 0 Å². The van der Waals surface area contributed by atoms with Gasteiger partial charge >= 0.3 is 58.3 Å². The number of carbonyl (C=O) groups excluding carboxylic acids is 1. The molecule has 0 aliphatic heterocycles. The molecule has 61 valence electrons. The normalized spacial score (nSPS) is 6.55. The zero-order valence-corrected chi connectivity index (χ0v) is 11.3. The van der Waals surface area contributed by atoms with Crippen LogP contribution in [0.4, 0.5) is 0 Å². The second-order valence-electron chi connectivity index (χ2n) is 0.872. The van der Waals surface area contributed by atoms with Gasteiger partial charge in [-0.15, -0.1) is 0 Å². The third-order valence-electron chi connectivity index (χ3n) is 0.356. The average molecular weight is 397 g/mol. The Balaban J connectivity index is -0.0000000817. The molecule has 0 saturated carbocycles. The molecule has 0 heterocycles. The zero-order valence-electron chi connectivity index (χ0n) is 5.57. The van der Waals surface area contributed by atoms with E-state index in [0.29, 0.717) is 10.2 Å². The quantitative estimate of drug-likeness (QED) is 0.395. The Morgan fingerprint density at radius 1 is 1.64 bits per heavy atom. The maximum Gasteiger partial charge on any atom is 0 e. The summed E-state index contributed by atoms with van der Waals surface area (Å²) in [6.45, 7) is 4.86. The molecule has 0 atom stereocenters. The van der Waals surface area contributed by atoms with Crippen LogP contribution < -0.4 is 0 Å². The van der Waals surface area contributed by atoms with E-state index in [0.717, 1.165) is 25.6 Å². The van der Waals surface area contributed by atoms with Crippen molar-refractivity contribution in [2.24, 2.45) is 4.99 Å². The van der Waals surface area contributed by atoms with E-state index in [4.69, 9.17) is 6.58 Å². The second kappa shape index (κ2) is 17.0. The summed E-state index contributed by atoms with van der Waals surface area (Å²) in [7, 11) is 0. The molecule has 11 heavy (non-hydrogen) atoms. The summed E-state index contributed by atoms with van der Waals surface area (Å²) in [4.78, 5) is 13.2. The van der Waals surface area contributed by atoms with E-state index in [1.807, 2.05) is 0 Å². The summed E-state index contributed by atoms with van der Waals surface area (Å²) in [5, 5.41) is 0. The molecule has 1 radical (unpaired) electrons. The first-order valence-corrected chi connectivity index (χ1v) is 3.26. The topological polar surface area (TPSA) is 29.4 Å². The maximum atomic E-state index is 9.82. The fraction of sp³-hybridized carbons (Fsp3) is 0.143. The summed E-state index contributed by atoms with van der Waals surface area (Å²) in [5.41, 5.74) is 0. The summed E-state index contributed by atoms with van der Waals surface area (Å²) in [6, 6.07) is 0. The van der Waals surface area contributed by atoms with Crippen LogP contribution >= 0.6 is 0 Å². The van der Waals surface area contributed by atoms with Gasteiger partial charge in [0.1, 0.15) is 0 Å². The summed E-state index contributed by atoms with van der Waals surface area (Å²) < 4.78 is 0.520. The van der Waals surface area contributed by atoms with Crippen LogP contribution in [0, 0.1) is 14.0 Å². The third kappa shape index (κ3) is 18.1. The van der Waals surface area contributed by atoms with Crippen molar-refractivity contribution in [2.45, 2.75) is 7.43 Å². The van der Waals surface area contributed by atoms with Crippen molar-refractivity contribution in [3.63, 3.8) is 0 Å². The predicted octanol–water partition coefficient (Wildman–Crippen LogP) is 0.883. The molecule has 0 bridgehead atoms. The van der Waals surface area contributed by atoms with Gasteiger partial charge in [-0.3, -0.25) is 0 Å². The monoisotopic (exact) mass is 397 g/mol. The van der Waals surface area contributed by atoms with Crippen molar-refractivity contribution in [3.05, 3.63) is 20.2 Å². The van der Waals surface area contributed by atoms with Crippen LogP contribution in [0.5, 0.6) is 0 Å². The average Bonchev–Trinajstić information content (AvgIpc) is 1.83. The Kier molecular flexibility index (Phi) is 35.0. The second-order valence-corrected chi connectivity index (χ2v) is 2.45. The summed E-state index contributed by atoms with van der Waals surface area (Å²) in [5.74, 6) is 0. The Bertz CT molecular complexity index is 145. The van der Waals surface area contributed by atoms with Gasteiger partial charge in [0.05, 0.1) is 0 Å². The molecular formula is C7H10NOWY-3. The molecule has 0 aromatic heterocycles. The van der Waals surface area contributed by atoms with Crippen LogP contribution in [0.15, 0.2) is 11.2 Å². The van der Waals surface area contributed by atoms with E-state index in [1.54, 1.807) is 0 Å². The minimum absolute atomic E-state index is 0. The number of hydrogen-bond acceptors (Lipinski definition) is 2. The van der Waals surface area contributed by atoms with Gasteiger partial charge in [-0.1, -0.05) is 7.43 Å². The van der Waals surface area contributed by atoms with Gasteiger partial charge in [0.15, 0.2) is 0 Å². The van der Waals surface area contributed by atoms with Crippen molar-refractivity contribution < 1.29 is 56.9 Å². The molecule has 4 heteroatoms. The number of nitrogens with zero attached hydrogens (tertiary/aromatic N) is 1.